The van der Waals surface area contributed by atoms with Gasteiger partial charge in [0, 0.05) is 4.47 Å². The second-order valence-corrected chi connectivity index (χ2v) is 8.11. The lowest BCUT2D eigenvalue weighted by Crippen LogP contribution is -2.00. The van der Waals surface area contributed by atoms with Gasteiger partial charge in [-0.25, -0.2) is 0 Å². The molecule has 0 aromatic heterocycles. The first kappa shape index (κ1) is 21.4. The van der Waals surface area contributed by atoms with Crippen LogP contribution in [-0.2, 0) is 6.42 Å². The van der Waals surface area contributed by atoms with Crippen molar-refractivity contribution in [3.05, 3.63) is 106 Å². The number of benzene rings is 2. The van der Waals surface area contributed by atoms with Crippen LogP contribution in [0.1, 0.15) is 44.2 Å². The minimum absolute atomic E-state index is 0.757. The molecule has 1 aliphatic carbocycles. The average molecular weight is 449 g/mol. The zero-order chi connectivity index (χ0) is 20.5. The van der Waals surface area contributed by atoms with E-state index < -0.39 is 0 Å². The third-order valence-corrected chi connectivity index (χ3v) is 5.60. The Kier molecular flexibility index (Phi) is 8.13. The molecule has 2 aromatic carbocycles. The first-order valence-electron chi connectivity index (χ1n) is 10.4. The van der Waals surface area contributed by atoms with E-state index in [-0.39, 0.29) is 0 Å². The van der Waals surface area contributed by atoms with Crippen LogP contribution in [0.25, 0.3) is 5.57 Å². The van der Waals surface area contributed by atoms with Crippen molar-refractivity contribution in [3.63, 3.8) is 0 Å². The Morgan fingerprint density at radius 3 is 2.34 bits per heavy atom. The molecule has 0 bridgehead atoms. The fraction of sp³-hybridized carbons (Fsp3) is 0.259. The molecule has 0 aliphatic heterocycles. The molecule has 1 aliphatic rings. The van der Waals surface area contributed by atoms with Crippen molar-refractivity contribution in [1.82, 2.24) is 0 Å². The predicted molar refractivity (Wildman–Crippen MR) is 128 cm³/mol. The molecular formula is C27H29BrO. The molecule has 2 aromatic rings. The quantitative estimate of drug-likeness (QED) is 0.396. The summed E-state index contributed by atoms with van der Waals surface area (Å²) >= 11 is 3.55. The summed E-state index contributed by atoms with van der Waals surface area (Å²) in [6.45, 7) is 5.14. The summed E-state index contributed by atoms with van der Waals surface area (Å²) in [6, 6.07) is 17.3. The first-order chi connectivity index (χ1) is 14.2. The molecule has 0 fully saturated rings. The largest absolute Gasteiger partial charge is 0.494 e. The lowest BCUT2D eigenvalue weighted by atomic mass is 9.87. The molecule has 1 nitrogen and oxygen atoms in total. The highest BCUT2D eigenvalue weighted by molar-refractivity contribution is 9.10. The van der Waals surface area contributed by atoms with Crippen molar-refractivity contribution in [2.24, 2.45) is 0 Å². The van der Waals surface area contributed by atoms with E-state index >= 15 is 0 Å². The van der Waals surface area contributed by atoms with Crippen LogP contribution in [0.2, 0.25) is 0 Å². The van der Waals surface area contributed by atoms with Gasteiger partial charge < -0.3 is 4.74 Å². The standard InChI is InChI=1S/C27H29BrO/c1-3-19-29-25-17-13-23(14-18-25)27(20-21-11-15-24(28)16-12-21)26(4-2)22-9-7-5-6-8-10-22/h5-9,11-18H,3-4,10,19-20H2,1-2H3/b27-26-. The van der Waals surface area contributed by atoms with Crippen LogP contribution in [0, 0.1) is 0 Å². The predicted octanol–water partition coefficient (Wildman–Crippen LogP) is 8.09. The van der Waals surface area contributed by atoms with Crippen molar-refractivity contribution >= 4 is 21.5 Å². The van der Waals surface area contributed by atoms with Crippen LogP contribution in [0.5, 0.6) is 5.75 Å². The Morgan fingerprint density at radius 2 is 1.66 bits per heavy atom. The van der Waals surface area contributed by atoms with E-state index in [1.807, 2.05) is 0 Å². The fourth-order valence-corrected chi connectivity index (χ4v) is 3.86. The summed E-state index contributed by atoms with van der Waals surface area (Å²) in [5, 5.41) is 0. The average Bonchev–Trinajstić information content (AvgIpc) is 3.03. The second kappa shape index (κ2) is 11.0. The summed E-state index contributed by atoms with van der Waals surface area (Å²) in [4.78, 5) is 0. The molecule has 0 amide bonds. The summed E-state index contributed by atoms with van der Waals surface area (Å²) in [5.41, 5.74) is 6.82. The van der Waals surface area contributed by atoms with E-state index in [4.69, 9.17) is 4.74 Å². The molecule has 150 valence electrons. The van der Waals surface area contributed by atoms with Crippen LogP contribution in [0.15, 0.2) is 94.5 Å². The molecule has 0 unspecified atom stereocenters. The van der Waals surface area contributed by atoms with Gasteiger partial charge in [0.25, 0.3) is 0 Å². The number of halogens is 1. The molecule has 0 radical (unpaired) electrons. The SMILES string of the molecule is CCCOc1ccc(/C(Cc2ccc(Br)cc2)=C(/CC)C2=CC=CC=CC2)cc1. The van der Waals surface area contributed by atoms with E-state index in [0.29, 0.717) is 0 Å². The highest BCUT2D eigenvalue weighted by Crippen LogP contribution is 2.33. The van der Waals surface area contributed by atoms with Crippen molar-refractivity contribution in [1.29, 1.82) is 0 Å². The second-order valence-electron chi connectivity index (χ2n) is 7.20. The molecule has 29 heavy (non-hydrogen) atoms. The van der Waals surface area contributed by atoms with Gasteiger partial charge in [0.15, 0.2) is 0 Å². The number of ether oxygens (including phenoxy) is 1. The Balaban J connectivity index is 2.02. The van der Waals surface area contributed by atoms with E-state index in [9.17, 15) is 0 Å². The van der Waals surface area contributed by atoms with Gasteiger partial charge in [-0.2, -0.15) is 0 Å². The van der Waals surface area contributed by atoms with E-state index in [1.54, 1.807) is 0 Å². The van der Waals surface area contributed by atoms with Gasteiger partial charge in [-0.15, -0.1) is 0 Å². The molecule has 0 saturated heterocycles. The summed E-state index contributed by atoms with van der Waals surface area (Å²) in [6.07, 6.45) is 14.8. The van der Waals surface area contributed by atoms with Crippen molar-refractivity contribution in [3.8, 4) is 5.75 Å². The lowest BCUT2D eigenvalue weighted by molar-refractivity contribution is 0.317. The highest BCUT2D eigenvalue weighted by Gasteiger charge is 2.13. The molecule has 0 N–H and O–H groups in total. The van der Waals surface area contributed by atoms with Crippen LogP contribution in [-0.4, -0.2) is 6.61 Å². The minimum Gasteiger partial charge on any atom is -0.494 e. The van der Waals surface area contributed by atoms with Crippen molar-refractivity contribution in [2.75, 3.05) is 6.61 Å². The Labute approximate surface area is 183 Å². The maximum atomic E-state index is 5.79. The van der Waals surface area contributed by atoms with Crippen molar-refractivity contribution < 1.29 is 4.74 Å². The highest BCUT2D eigenvalue weighted by atomic mass is 79.9. The van der Waals surface area contributed by atoms with Gasteiger partial charge >= 0.3 is 0 Å². The fourth-order valence-electron chi connectivity index (χ4n) is 3.60. The monoisotopic (exact) mass is 448 g/mol. The zero-order valence-electron chi connectivity index (χ0n) is 17.3. The number of allylic oxidation sites excluding steroid dienone is 8. The molecule has 0 spiro atoms. The van der Waals surface area contributed by atoms with Crippen molar-refractivity contribution in [2.45, 2.75) is 39.5 Å². The molecule has 2 heteroatoms. The Bertz CT molecular complexity index is 912. The lowest BCUT2D eigenvalue weighted by Gasteiger charge is -2.18. The third kappa shape index (κ3) is 6.08. The van der Waals surface area contributed by atoms with Gasteiger partial charge in [-0.1, -0.05) is 84.4 Å². The summed E-state index contributed by atoms with van der Waals surface area (Å²) in [7, 11) is 0. The van der Waals surface area contributed by atoms with Gasteiger partial charge in [0.1, 0.15) is 5.75 Å². The van der Waals surface area contributed by atoms with E-state index in [2.05, 4.69) is 109 Å². The minimum atomic E-state index is 0.757. The zero-order valence-corrected chi connectivity index (χ0v) is 18.9. The number of hydrogen-bond donors (Lipinski definition) is 0. The smallest absolute Gasteiger partial charge is 0.119 e. The van der Waals surface area contributed by atoms with E-state index in [1.165, 1.54) is 27.8 Å². The van der Waals surface area contributed by atoms with Crippen LogP contribution >= 0.6 is 15.9 Å². The van der Waals surface area contributed by atoms with E-state index in [0.717, 1.165) is 42.5 Å². The number of hydrogen-bond acceptors (Lipinski definition) is 1. The van der Waals surface area contributed by atoms with Gasteiger partial charge in [-0.3, -0.25) is 0 Å². The Hall–Kier alpha value is -2.32. The van der Waals surface area contributed by atoms with Gasteiger partial charge in [0.05, 0.1) is 6.61 Å². The molecule has 0 heterocycles. The van der Waals surface area contributed by atoms with Gasteiger partial charge in [-0.05, 0) is 77.8 Å². The topological polar surface area (TPSA) is 9.23 Å². The summed E-state index contributed by atoms with van der Waals surface area (Å²) in [5.74, 6) is 0.941. The Morgan fingerprint density at radius 1 is 0.897 bits per heavy atom. The molecule has 0 saturated carbocycles. The van der Waals surface area contributed by atoms with Crippen LogP contribution < -0.4 is 4.74 Å². The normalized spacial score (nSPS) is 14.2. The summed E-state index contributed by atoms with van der Waals surface area (Å²) < 4.78 is 6.90. The molecule has 0 atom stereocenters. The maximum Gasteiger partial charge on any atom is 0.119 e. The van der Waals surface area contributed by atoms with Gasteiger partial charge in [0.2, 0.25) is 0 Å². The van der Waals surface area contributed by atoms with Crippen LogP contribution in [0.3, 0.4) is 0 Å². The van der Waals surface area contributed by atoms with Crippen LogP contribution in [0.4, 0.5) is 0 Å². The first-order valence-corrected chi connectivity index (χ1v) is 11.2. The number of rotatable bonds is 8. The maximum absolute atomic E-state index is 5.79. The third-order valence-electron chi connectivity index (χ3n) is 5.07. The molecule has 3 rings (SSSR count). The molecular weight excluding hydrogens is 420 g/mol.